The number of H-pyrrole nitrogens is 1. The molecule has 0 aliphatic carbocycles. The number of hydrogen-bond acceptors (Lipinski definition) is 2. The van der Waals surface area contributed by atoms with Crippen molar-refractivity contribution >= 4 is 34.1 Å². The molecule has 14 heavy (non-hydrogen) atoms. The Bertz CT molecular complexity index is 543. The second-order valence-electron chi connectivity index (χ2n) is 2.82. The van der Waals surface area contributed by atoms with Crippen molar-refractivity contribution in [1.29, 1.82) is 0 Å². The van der Waals surface area contributed by atoms with E-state index in [-0.39, 0.29) is 15.9 Å². The third kappa shape index (κ3) is 1.31. The predicted molar refractivity (Wildman–Crippen MR) is 56.0 cm³/mol. The van der Waals surface area contributed by atoms with E-state index < -0.39 is 0 Å². The third-order valence-electron chi connectivity index (χ3n) is 1.99. The monoisotopic (exact) mass is 231 g/mol. The average molecular weight is 232 g/mol. The van der Waals surface area contributed by atoms with Crippen LogP contribution in [0.25, 0.3) is 10.9 Å². The Morgan fingerprint density at radius 3 is 2.93 bits per heavy atom. The summed E-state index contributed by atoms with van der Waals surface area (Å²) in [5.41, 5.74) is 0.400. The van der Waals surface area contributed by atoms with Crippen LogP contribution in [0, 0.1) is 0 Å². The number of nitrogens with zero attached hydrogens (tertiary/aromatic N) is 2. The van der Waals surface area contributed by atoms with E-state index in [4.69, 9.17) is 23.2 Å². The Labute approximate surface area is 89.4 Å². The SMILES string of the molecule is CCn1[nH]c(=O)c2cc(Cl)nc(Cl)c21. The number of rotatable bonds is 1. The maximum atomic E-state index is 11.4. The summed E-state index contributed by atoms with van der Waals surface area (Å²) in [6.07, 6.45) is 0. The largest absolute Gasteiger partial charge is 0.282 e. The van der Waals surface area contributed by atoms with E-state index in [1.54, 1.807) is 4.68 Å². The van der Waals surface area contributed by atoms with Crippen molar-refractivity contribution in [3.8, 4) is 0 Å². The van der Waals surface area contributed by atoms with Crippen LogP contribution in [-0.4, -0.2) is 14.8 Å². The minimum absolute atomic E-state index is 0.201. The molecule has 0 fully saturated rings. The Balaban J connectivity index is 2.97. The van der Waals surface area contributed by atoms with Crippen LogP contribution < -0.4 is 5.56 Å². The van der Waals surface area contributed by atoms with E-state index in [1.807, 2.05) is 6.92 Å². The minimum Gasteiger partial charge on any atom is -0.282 e. The standard InChI is InChI=1S/C8H7Cl2N3O/c1-2-13-6-4(8(14)12-13)3-5(9)11-7(6)10/h3H,2H2,1H3,(H,12,14). The fraction of sp³-hybridized carbons (Fsp3) is 0.250. The topological polar surface area (TPSA) is 50.7 Å². The Hall–Kier alpha value is -1.00. The number of nitrogens with one attached hydrogen (secondary N) is 1. The first-order valence-corrected chi connectivity index (χ1v) is 4.83. The molecule has 0 bridgehead atoms. The number of fused-ring (bicyclic) bond motifs is 1. The lowest BCUT2D eigenvalue weighted by atomic mass is 10.3. The van der Waals surface area contributed by atoms with Gasteiger partial charge in [-0.05, 0) is 13.0 Å². The highest BCUT2D eigenvalue weighted by molar-refractivity contribution is 6.36. The van der Waals surface area contributed by atoms with Gasteiger partial charge in [0.25, 0.3) is 5.56 Å². The Morgan fingerprint density at radius 1 is 1.57 bits per heavy atom. The first-order chi connectivity index (χ1) is 6.63. The van der Waals surface area contributed by atoms with Gasteiger partial charge in [-0.3, -0.25) is 14.6 Å². The molecule has 0 spiro atoms. The van der Waals surface area contributed by atoms with Crippen molar-refractivity contribution < 1.29 is 0 Å². The van der Waals surface area contributed by atoms with E-state index in [2.05, 4.69) is 10.1 Å². The molecule has 1 N–H and O–H groups in total. The summed E-state index contributed by atoms with van der Waals surface area (Å²) in [6.45, 7) is 2.53. The van der Waals surface area contributed by atoms with Crippen molar-refractivity contribution in [1.82, 2.24) is 14.8 Å². The zero-order valence-electron chi connectivity index (χ0n) is 7.34. The van der Waals surface area contributed by atoms with Crippen molar-refractivity contribution in [3.05, 3.63) is 26.7 Å². The van der Waals surface area contributed by atoms with Crippen LogP contribution >= 0.6 is 23.2 Å². The molecular weight excluding hydrogens is 225 g/mol. The van der Waals surface area contributed by atoms with Gasteiger partial charge in [0, 0.05) is 6.54 Å². The van der Waals surface area contributed by atoms with Crippen LogP contribution in [0.4, 0.5) is 0 Å². The molecule has 4 nitrogen and oxygen atoms in total. The normalized spacial score (nSPS) is 11.1. The molecule has 0 radical (unpaired) electrons. The van der Waals surface area contributed by atoms with Crippen LogP contribution in [0.1, 0.15) is 6.92 Å². The number of aromatic amines is 1. The summed E-state index contributed by atoms with van der Waals surface area (Å²) in [5, 5.41) is 3.58. The molecule has 2 aromatic heterocycles. The van der Waals surface area contributed by atoms with Gasteiger partial charge in [-0.15, -0.1) is 0 Å². The van der Waals surface area contributed by atoms with Gasteiger partial charge < -0.3 is 0 Å². The van der Waals surface area contributed by atoms with Crippen molar-refractivity contribution in [2.75, 3.05) is 0 Å². The van der Waals surface area contributed by atoms with E-state index in [0.717, 1.165) is 0 Å². The third-order valence-corrected chi connectivity index (χ3v) is 2.44. The van der Waals surface area contributed by atoms with Crippen LogP contribution in [-0.2, 0) is 6.54 Å². The molecule has 0 aliphatic rings. The van der Waals surface area contributed by atoms with E-state index in [1.165, 1.54) is 6.07 Å². The first kappa shape index (κ1) is 9.55. The highest BCUT2D eigenvalue weighted by Crippen LogP contribution is 2.21. The summed E-state index contributed by atoms with van der Waals surface area (Å²) in [5.74, 6) is 0. The highest BCUT2D eigenvalue weighted by atomic mass is 35.5. The minimum atomic E-state index is -0.201. The molecule has 2 aromatic rings. The second-order valence-corrected chi connectivity index (χ2v) is 3.56. The van der Waals surface area contributed by atoms with Crippen molar-refractivity contribution in [2.24, 2.45) is 0 Å². The smallest absolute Gasteiger partial charge is 0.272 e. The van der Waals surface area contributed by atoms with Crippen LogP contribution in [0.3, 0.4) is 0 Å². The van der Waals surface area contributed by atoms with E-state index in [0.29, 0.717) is 17.4 Å². The molecule has 0 saturated heterocycles. The van der Waals surface area contributed by atoms with Gasteiger partial charge in [0.15, 0.2) is 5.15 Å². The zero-order valence-corrected chi connectivity index (χ0v) is 8.85. The molecule has 74 valence electrons. The second kappa shape index (κ2) is 3.29. The number of pyridine rings is 1. The number of halogens is 2. The molecule has 0 amide bonds. The number of aromatic nitrogens is 3. The van der Waals surface area contributed by atoms with E-state index >= 15 is 0 Å². The van der Waals surface area contributed by atoms with Gasteiger partial charge in [0.2, 0.25) is 0 Å². The lowest BCUT2D eigenvalue weighted by molar-refractivity contribution is 0.675. The predicted octanol–water partition coefficient (Wildman–Crippen LogP) is 2.05. The molecule has 6 heteroatoms. The lowest BCUT2D eigenvalue weighted by Gasteiger charge is -2.00. The van der Waals surface area contributed by atoms with Crippen molar-refractivity contribution in [2.45, 2.75) is 13.5 Å². The Kier molecular flexibility index (Phi) is 2.25. The number of aryl methyl sites for hydroxylation is 1. The molecular formula is C8H7Cl2N3O. The molecule has 2 rings (SSSR count). The van der Waals surface area contributed by atoms with E-state index in [9.17, 15) is 4.79 Å². The fourth-order valence-corrected chi connectivity index (χ4v) is 1.92. The molecule has 2 heterocycles. The summed E-state index contributed by atoms with van der Waals surface area (Å²) < 4.78 is 1.64. The van der Waals surface area contributed by atoms with Gasteiger partial charge in [-0.2, -0.15) is 0 Å². The average Bonchev–Trinajstić information content (AvgIpc) is 2.43. The van der Waals surface area contributed by atoms with Crippen LogP contribution in [0.5, 0.6) is 0 Å². The molecule has 0 aliphatic heterocycles. The maximum Gasteiger partial charge on any atom is 0.272 e. The quantitative estimate of drug-likeness (QED) is 0.765. The zero-order chi connectivity index (χ0) is 10.3. The highest BCUT2D eigenvalue weighted by Gasteiger charge is 2.11. The molecule has 0 aromatic carbocycles. The van der Waals surface area contributed by atoms with Crippen LogP contribution in [0.2, 0.25) is 10.3 Å². The van der Waals surface area contributed by atoms with Gasteiger partial charge in [-0.1, -0.05) is 23.2 Å². The molecule has 0 saturated carbocycles. The summed E-state index contributed by atoms with van der Waals surface area (Å²) in [6, 6.07) is 1.51. The van der Waals surface area contributed by atoms with Gasteiger partial charge >= 0.3 is 0 Å². The van der Waals surface area contributed by atoms with Gasteiger partial charge in [0.1, 0.15) is 10.7 Å². The van der Waals surface area contributed by atoms with Gasteiger partial charge in [0.05, 0.1) is 5.39 Å². The summed E-state index contributed by atoms with van der Waals surface area (Å²) >= 11 is 11.6. The Morgan fingerprint density at radius 2 is 2.29 bits per heavy atom. The molecule has 0 unspecified atom stereocenters. The van der Waals surface area contributed by atoms with Gasteiger partial charge in [-0.25, -0.2) is 4.98 Å². The molecule has 0 atom stereocenters. The van der Waals surface area contributed by atoms with Crippen LogP contribution in [0.15, 0.2) is 10.9 Å². The summed E-state index contributed by atoms with van der Waals surface area (Å²) in [4.78, 5) is 15.3. The fourth-order valence-electron chi connectivity index (χ4n) is 1.38. The number of hydrogen-bond donors (Lipinski definition) is 1. The lowest BCUT2D eigenvalue weighted by Crippen LogP contribution is -2.03. The summed E-state index contributed by atoms with van der Waals surface area (Å²) in [7, 11) is 0. The maximum absolute atomic E-state index is 11.4. The first-order valence-electron chi connectivity index (χ1n) is 4.08. The van der Waals surface area contributed by atoms with Crippen molar-refractivity contribution in [3.63, 3.8) is 0 Å².